The lowest BCUT2D eigenvalue weighted by atomic mass is 9.77. The van der Waals surface area contributed by atoms with Gasteiger partial charge >= 0.3 is 0 Å². The van der Waals surface area contributed by atoms with Crippen LogP contribution in [0, 0.1) is 0 Å². The van der Waals surface area contributed by atoms with Gasteiger partial charge < -0.3 is 4.74 Å². The second-order valence-corrected chi connectivity index (χ2v) is 5.31. The van der Waals surface area contributed by atoms with Crippen LogP contribution in [0.5, 0.6) is 5.75 Å². The van der Waals surface area contributed by atoms with E-state index in [1.165, 1.54) is 5.56 Å². The molecule has 1 atom stereocenters. The number of hydrogen-bond acceptors (Lipinski definition) is 1. The van der Waals surface area contributed by atoms with Crippen LogP contribution in [0.2, 0.25) is 0 Å². The molecule has 0 heterocycles. The second kappa shape index (κ2) is 7.35. The van der Waals surface area contributed by atoms with Gasteiger partial charge in [0.1, 0.15) is 5.75 Å². The molecule has 0 spiro atoms. The molecular formula is C18H21ClO. The van der Waals surface area contributed by atoms with Gasteiger partial charge in [0, 0.05) is 11.3 Å². The van der Waals surface area contributed by atoms with Crippen molar-refractivity contribution in [1.82, 2.24) is 0 Å². The Morgan fingerprint density at radius 2 is 1.55 bits per heavy atom. The van der Waals surface area contributed by atoms with Crippen molar-refractivity contribution >= 4 is 11.6 Å². The van der Waals surface area contributed by atoms with Crippen molar-refractivity contribution in [2.24, 2.45) is 0 Å². The van der Waals surface area contributed by atoms with Gasteiger partial charge in [0.05, 0.1) is 6.61 Å². The summed E-state index contributed by atoms with van der Waals surface area (Å²) < 4.78 is 5.83. The topological polar surface area (TPSA) is 9.23 Å². The Morgan fingerprint density at radius 3 is 2.10 bits per heavy atom. The first-order chi connectivity index (χ1) is 9.80. The van der Waals surface area contributed by atoms with Crippen molar-refractivity contribution in [3.8, 4) is 5.75 Å². The fourth-order valence-electron chi connectivity index (χ4n) is 2.44. The quantitative estimate of drug-likeness (QED) is 0.648. The molecule has 0 saturated heterocycles. The maximum Gasteiger partial charge on any atom is 0.119 e. The molecule has 106 valence electrons. The highest BCUT2D eigenvalue weighted by molar-refractivity contribution is 6.18. The smallest absolute Gasteiger partial charge is 0.119 e. The average molecular weight is 289 g/mol. The lowest BCUT2D eigenvalue weighted by Gasteiger charge is -2.31. The van der Waals surface area contributed by atoms with Crippen LogP contribution in [0.3, 0.4) is 0 Å². The maximum atomic E-state index is 6.29. The van der Waals surface area contributed by atoms with Gasteiger partial charge in [-0.15, -0.1) is 11.6 Å². The van der Waals surface area contributed by atoms with Crippen molar-refractivity contribution in [3.63, 3.8) is 0 Å². The summed E-state index contributed by atoms with van der Waals surface area (Å²) >= 11 is 6.29. The molecular weight excluding hydrogens is 268 g/mol. The van der Waals surface area contributed by atoms with Crippen molar-refractivity contribution in [2.75, 3.05) is 12.5 Å². The van der Waals surface area contributed by atoms with Crippen LogP contribution >= 0.6 is 11.6 Å². The first-order valence-corrected chi connectivity index (χ1v) is 7.63. The average Bonchev–Trinajstić information content (AvgIpc) is 2.54. The van der Waals surface area contributed by atoms with Gasteiger partial charge in [0.15, 0.2) is 0 Å². The largest absolute Gasteiger partial charge is 0.494 e. The Morgan fingerprint density at radius 1 is 0.950 bits per heavy atom. The summed E-state index contributed by atoms with van der Waals surface area (Å²) in [7, 11) is 0. The van der Waals surface area contributed by atoms with Crippen molar-refractivity contribution < 1.29 is 4.74 Å². The van der Waals surface area contributed by atoms with Gasteiger partial charge in [-0.25, -0.2) is 0 Å². The number of hydrogen-bond donors (Lipinski definition) is 0. The minimum atomic E-state index is -0.00239. The van der Waals surface area contributed by atoms with Gasteiger partial charge in [-0.2, -0.15) is 0 Å². The van der Waals surface area contributed by atoms with Crippen LogP contribution in [0.4, 0.5) is 0 Å². The molecule has 0 N–H and O–H groups in total. The van der Waals surface area contributed by atoms with E-state index in [2.05, 4.69) is 31.2 Å². The Kier molecular flexibility index (Phi) is 5.49. The van der Waals surface area contributed by atoms with Crippen LogP contribution in [0.1, 0.15) is 25.3 Å². The van der Waals surface area contributed by atoms with Crippen molar-refractivity contribution in [2.45, 2.75) is 25.2 Å². The van der Waals surface area contributed by atoms with E-state index in [-0.39, 0.29) is 5.41 Å². The first-order valence-electron chi connectivity index (χ1n) is 7.10. The standard InChI is InChI=1S/C18H21ClO/c1-2-18(15-19,16-9-5-3-6-10-16)13-14-20-17-11-7-4-8-12-17/h3-12H,2,13-15H2,1H3. The van der Waals surface area contributed by atoms with Crippen LogP contribution in [-0.2, 0) is 5.41 Å². The predicted molar refractivity (Wildman–Crippen MR) is 85.7 cm³/mol. The molecule has 2 rings (SSSR count). The molecule has 20 heavy (non-hydrogen) atoms. The monoisotopic (exact) mass is 288 g/mol. The summed E-state index contributed by atoms with van der Waals surface area (Å²) in [5.41, 5.74) is 1.30. The molecule has 1 nitrogen and oxygen atoms in total. The minimum Gasteiger partial charge on any atom is -0.494 e. The highest BCUT2D eigenvalue weighted by Gasteiger charge is 2.29. The summed E-state index contributed by atoms with van der Waals surface area (Å²) in [6.07, 6.45) is 1.94. The first kappa shape index (κ1) is 14.9. The van der Waals surface area contributed by atoms with Crippen molar-refractivity contribution in [1.29, 1.82) is 0 Å². The number of rotatable bonds is 7. The number of ether oxygens (including phenoxy) is 1. The molecule has 2 aromatic carbocycles. The predicted octanol–water partition coefficient (Wildman–Crippen LogP) is 5.04. The third-order valence-corrected chi connectivity index (χ3v) is 4.42. The summed E-state index contributed by atoms with van der Waals surface area (Å²) in [5, 5.41) is 0. The Bertz CT molecular complexity index is 491. The van der Waals surface area contributed by atoms with Crippen LogP contribution in [0.25, 0.3) is 0 Å². The van der Waals surface area contributed by atoms with E-state index in [1.54, 1.807) is 0 Å². The van der Waals surface area contributed by atoms with Gasteiger partial charge in [-0.05, 0) is 30.5 Å². The molecule has 2 heteroatoms. The van der Waals surface area contributed by atoms with Gasteiger partial charge in [0.2, 0.25) is 0 Å². The third-order valence-electron chi connectivity index (χ3n) is 3.91. The molecule has 0 aliphatic rings. The molecule has 0 aliphatic heterocycles. The normalized spacial score (nSPS) is 13.7. The SMILES string of the molecule is CCC(CCl)(CCOc1ccccc1)c1ccccc1. The van der Waals surface area contributed by atoms with Crippen LogP contribution in [-0.4, -0.2) is 12.5 Å². The lowest BCUT2D eigenvalue weighted by molar-refractivity contribution is 0.262. The van der Waals surface area contributed by atoms with Gasteiger partial charge in [-0.1, -0.05) is 55.5 Å². The molecule has 0 fully saturated rings. The summed E-state index contributed by atoms with van der Waals surface area (Å²) in [4.78, 5) is 0. The van der Waals surface area contributed by atoms with E-state index in [4.69, 9.17) is 16.3 Å². The van der Waals surface area contributed by atoms with E-state index in [0.717, 1.165) is 18.6 Å². The molecule has 0 aromatic heterocycles. The number of benzene rings is 2. The third kappa shape index (κ3) is 3.55. The second-order valence-electron chi connectivity index (χ2n) is 5.05. The van der Waals surface area contributed by atoms with E-state index in [9.17, 15) is 0 Å². The molecule has 0 radical (unpaired) electrons. The van der Waals surface area contributed by atoms with E-state index < -0.39 is 0 Å². The number of alkyl halides is 1. The van der Waals surface area contributed by atoms with E-state index in [0.29, 0.717) is 12.5 Å². The highest BCUT2D eigenvalue weighted by atomic mass is 35.5. The Labute approximate surface area is 126 Å². The fraction of sp³-hybridized carbons (Fsp3) is 0.333. The molecule has 0 aliphatic carbocycles. The molecule has 0 amide bonds. The summed E-state index contributed by atoms with van der Waals surface area (Å²) in [6, 6.07) is 20.4. The zero-order valence-electron chi connectivity index (χ0n) is 11.9. The minimum absolute atomic E-state index is 0.00239. The van der Waals surface area contributed by atoms with Crippen LogP contribution in [0.15, 0.2) is 60.7 Å². The van der Waals surface area contributed by atoms with E-state index in [1.807, 2.05) is 36.4 Å². The zero-order chi connectivity index (χ0) is 14.3. The van der Waals surface area contributed by atoms with Crippen LogP contribution < -0.4 is 4.74 Å². The zero-order valence-corrected chi connectivity index (χ0v) is 12.6. The van der Waals surface area contributed by atoms with Gasteiger partial charge in [0.25, 0.3) is 0 Å². The number of halogens is 1. The maximum absolute atomic E-state index is 6.29. The summed E-state index contributed by atoms with van der Waals surface area (Å²) in [5.74, 6) is 1.53. The van der Waals surface area contributed by atoms with E-state index >= 15 is 0 Å². The molecule has 0 bridgehead atoms. The lowest BCUT2D eigenvalue weighted by Crippen LogP contribution is -2.29. The highest BCUT2D eigenvalue weighted by Crippen LogP contribution is 2.33. The summed E-state index contributed by atoms with van der Waals surface area (Å²) in [6.45, 7) is 2.87. The van der Waals surface area contributed by atoms with Crippen molar-refractivity contribution in [3.05, 3.63) is 66.2 Å². The number of para-hydroxylation sites is 1. The Hall–Kier alpha value is -1.47. The fourth-order valence-corrected chi connectivity index (χ4v) is 2.91. The Balaban J connectivity index is 2.03. The molecule has 2 aromatic rings. The molecule has 1 unspecified atom stereocenters. The van der Waals surface area contributed by atoms with Gasteiger partial charge in [-0.3, -0.25) is 0 Å². The molecule has 0 saturated carbocycles.